The van der Waals surface area contributed by atoms with Gasteiger partial charge in [-0.3, -0.25) is 0 Å². The Morgan fingerprint density at radius 1 is 1.26 bits per heavy atom. The van der Waals surface area contributed by atoms with E-state index in [4.69, 9.17) is 4.74 Å². The summed E-state index contributed by atoms with van der Waals surface area (Å²) in [6.45, 7) is 5.70. The van der Waals surface area contributed by atoms with Crippen LogP contribution in [-0.2, 0) is 0 Å². The summed E-state index contributed by atoms with van der Waals surface area (Å²) in [5.41, 5.74) is 3.28. The van der Waals surface area contributed by atoms with Crippen molar-refractivity contribution in [1.29, 1.82) is 0 Å². The second-order valence-electron chi connectivity index (χ2n) is 4.44. The molecule has 0 fully saturated rings. The van der Waals surface area contributed by atoms with Crippen LogP contribution in [0.4, 0.5) is 0 Å². The molecule has 2 heterocycles. The van der Waals surface area contributed by atoms with E-state index in [-0.39, 0.29) is 5.69 Å². The van der Waals surface area contributed by atoms with Crippen LogP contribution in [0.15, 0.2) is 18.2 Å². The average Bonchev–Trinajstić information content (AvgIpc) is 2.68. The lowest BCUT2D eigenvalue weighted by Crippen LogP contribution is -2.11. The maximum Gasteiger partial charge on any atom is 0.356 e. The second-order valence-corrected chi connectivity index (χ2v) is 4.44. The van der Waals surface area contributed by atoms with Gasteiger partial charge in [0, 0.05) is 17.0 Å². The van der Waals surface area contributed by atoms with Crippen LogP contribution in [0.3, 0.4) is 0 Å². The molecule has 0 aliphatic rings. The van der Waals surface area contributed by atoms with Crippen LogP contribution in [-0.4, -0.2) is 27.7 Å². The van der Waals surface area contributed by atoms with Gasteiger partial charge in [-0.2, -0.15) is 0 Å². The van der Waals surface area contributed by atoms with Crippen LogP contribution in [0.1, 0.15) is 27.4 Å². The minimum Gasteiger partial charge on any atom is -0.481 e. The minimum absolute atomic E-state index is 0.00940. The number of pyridine rings is 1. The Labute approximate surface area is 111 Å². The Balaban J connectivity index is 2.76. The third-order valence-corrected chi connectivity index (χ3v) is 3.05. The van der Waals surface area contributed by atoms with Gasteiger partial charge in [0.1, 0.15) is 0 Å². The first-order valence-corrected chi connectivity index (χ1v) is 5.90. The molecule has 0 unspecified atom stereocenters. The fourth-order valence-electron chi connectivity index (χ4n) is 2.17. The van der Waals surface area contributed by atoms with E-state index in [2.05, 4.69) is 4.98 Å². The molecular formula is C14H16N2O3. The molecule has 0 saturated heterocycles. The maximum absolute atomic E-state index is 11.4. The quantitative estimate of drug-likeness (QED) is 0.920. The summed E-state index contributed by atoms with van der Waals surface area (Å²) in [7, 11) is 1.48. The highest BCUT2D eigenvalue weighted by molar-refractivity contribution is 5.90. The Kier molecular flexibility index (Phi) is 3.29. The summed E-state index contributed by atoms with van der Waals surface area (Å²) >= 11 is 0. The van der Waals surface area contributed by atoms with E-state index in [0.29, 0.717) is 11.6 Å². The molecule has 1 N–H and O–H groups in total. The maximum atomic E-state index is 11.4. The van der Waals surface area contributed by atoms with Crippen LogP contribution in [0.25, 0.3) is 5.69 Å². The Hall–Kier alpha value is -2.30. The molecule has 19 heavy (non-hydrogen) atoms. The van der Waals surface area contributed by atoms with E-state index in [9.17, 15) is 9.90 Å². The molecule has 0 aliphatic heterocycles. The number of hydrogen-bond donors (Lipinski definition) is 1. The zero-order valence-electron chi connectivity index (χ0n) is 11.4. The van der Waals surface area contributed by atoms with E-state index in [1.807, 2.05) is 37.5 Å². The molecule has 2 aromatic rings. The first-order valence-electron chi connectivity index (χ1n) is 5.90. The summed E-state index contributed by atoms with van der Waals surface area (Å²) in [6.07, 6.45) is 0. The Bertz CT molecular complexity index is 625. The molecule has 0 spiro atoms. The number of carboxylic acids is 1. The lowest BCUT2D eigenvalue weighted by molar-refractivity contribution is 0.0689. The SMILES string of the molecule is COc1nc(C(=O)O)c(-n2c(C)ccc2C)cc1C. The Morgan fingerprint density at radius 3 is 2.32 bits per heavy atom. The summed E-state index contributed by atoms with van der Waals surface area (Å²) in [5.74, 6) is -0.732. The van der Waals surface area contributed by atoms with E-state index < -0.39 is 5.97 Å². The molecule has 2 rings (SSSR count). The topological polar surface area (TPSA) is 64.3 Å². The van der Waals surface area contributed by atoms with E-state index >= 15 is 0 Å². The van der Waals surface area contributed by atoms with Crippen molar-refractivity contribution in [2.45, 2.75) is 20.8 Å². The second kappa shape index (κ2) is 4.76. The zero-order chi connectivity index (χ0) is 14.2. The largest absolute Gasteiger partial charge is 0.481 e. The van der Waals surface area contributed by atoms with Crippen molar-refractivity contribution in [3.63, 3.8) is 0 Å². The number of carbonyl (C=O) groups is 1. The van der Waals surface area contributed by atoms with Crippen molar-refractivity contribution in [3.05, 3.63) is 40.8 Å². The monoisotopic (exact) mass is 260 g/mol. The lowest BCUT2D eigenvalue weighted by atomic mass is 10.2. The summed E-state index contributed by atoms with van der Waals surface area (Å²) in [5, 5.41) is 9.33. The van der Waals surface area contributed by atoms with Gasteiger partial charge in [0.15, 0.2) is 5.69 Å². The molecule has 0 radical (unpaired) electrons. The van der Waals surface area contributed by atoms with Crippen molar-refractivity contribution in [3.8, 4) is 11.6 Å². The molecule has 0 aromatic carbocycles. The Morgan fingerprint density at radius 2 is 1.84 bits per heavy atom. The summed E-state index contributed by atoms with van der Waals surface area (Å²) in [6, 6.07) is 5.68. The fourth-order valence-corrected chi connectivity index (χ4v) is 2.17. The number of carboxylic acid groups (broad SMARTS) is 1. The molecule has 5 nitrogen and oxygen atoms in total. The number of aromatic carboxylic acids is 1. The predicted molar refractivity (Wildman–Crippen MR) is 71.3 cm³/mol. The molecule has 100 valence electrons. The molecule has 0 atom stereocenters. The molecule has 0 saturated carbocycles. The zero-order valence-corrected chi connectivity index (χ0v) is 11.4. The van der Waals surface area contributed by atoms with Crippen LogP contribution in [0.5, 0.6) is 5.88 Å². The standard InChI is InChI=1S/C14H16N2O3/c1-8-7-11(16-9(2)5-6-10(16)3)12(14(17)18)15-13(8)19-4/h5-7H,1-4H3,(H,17,18). The van der Waals surface area contributed by atoms with Gasteiger partial charge in [-0.25, -0.2) is 9.78 Å². The molecular weight excluding hydrogens is 244 g/mol. The van der Waals surface area contributed by atoms with Crippen molar-refractivity contribution in [2.75, 3.05) is 7.11 Å². The number of nitrogens with zero attached hydrogens (tertiary/aromatic N) is 2. The number of ether oxygens (including phenoxy) is 1. The number of rotatable bonds is 3. The first kappa shape index (κ1) is 13.1. The number of hydrogen-bond acceptors (Lipinski definition) is 3. The third kappa shape index (κ3) is 2.19. The van der Waals surface area contributed by atoms with Gasteiger partial charge < -0.3 is 14.4 Å². The van der Waals surface area contributed by atoms with Crippen LogP contribution in [0.2, 0.25) is 0 Å². The van der Waals surface area contributed by atoms with Crippen molar-refractivity contribution < 1.29 is 14.6 Å². The highest BCUT2D eigenvalue weighted by Crippen LogP contribution is 2.25. The highest BCUT2D eigenvalue weighted by Gasteiger charge is 2.19. The van der Waals surface area contributed by atoms with E-state index in [1.165, 1.54) is 7.11 Å². The van der Waals surface area contributed by atoms with Crippen molar-refractivity contribution in [2.24, 2.45) is 0 Å². The van der Waals surface area contributed by atoms with Gasteiger partial charge >= 0.3 is 5.97 Å². The van der Waals surface area contributed by atoms with E-state index in [1.54, 1.807) is 6.07 Å². The lowest BCUT2D eigenvalue weighted by Gasteiger charge is -2.14. The van der Waals surface area contributed by atoms with Gasteiger partial charge in [0.25, 0.3) is 0 Å². The fraction of sp³-hybridized carbons (Fsp3) is 0.286. The highest BCUT2D eigenvalue weighted by atomic mass is 16.5. The first-order chi connectivity index (χ1) is 8.95. The van der Waals surface area contributed by atoms with Crippen LogP contribution >= 0.6 is 0 Å². The van der Waals surface area contributed by atoms with Gasteiger partial charge in [-0.05, 0) is 39.0 Å². The number of aromatic nitrogens is 2. The third-order valence-electron chi connectivity index (χ3n) is 3.05. The molecule has 2 aromatic heterocycles. The molecule has 0 amide bonds. The molecule has 0 bridgehead atoms. The minimum atomic E-state index is -1.07. The summed E-state index contributed by atoms with van der Waals surface area (Å²) < 4.78 is 6.96. The summed E-state index contributed by atoms with van der Waals surface area (Å²) in [4.78, 5) is 15.5. The number of aryl methyl sites for hydroxylation is 3. The number of methoxy groups -OCH3 is 1. The van der Waals surface area contributed by atoms with Gasteiger partial charge in [0.2, 0.25) is 5.88 Å². The van der Waals surface area contributed by atoms with E-state index in [0.717, 1.165) is 17.0 Å². The normalized spacial score (nSPS) is 10.5. The van der Waals surface area contributed by atoms with Crippen LogP contribution < -0.4 is 4.74 Å². The smallest absolute Gasteiger partial charge is 0.356 e. The van der Waals surface area contributed by atoms with Crippen LogP contribution in [0, 0.1) is 20.8 Å². The molecule has 0 aliphatic carbocycles. The average molecular weight is 260 g/mol. The predicted octanol–water partition coefficient (Wildman–Crippen LogP) is 2.50. The van der Waals surface area contributed by atoms with Gasteiger partial charge in [-0.1, -0.05) is 0 Å². The van der Waals surface area contributed by atoms with Crippen molar-refractivity contribution >= 4 is 5.97 Å². The van der Waals surface area contributed by atoms with Crippen molar-refractivity contribution in [1.82, 2.24) is 9.55 Å². The molecule has 5 heteroatoms. The van der Waals surface area contributed by atoms with Gasteiger partial charge in [-0.15, -0.1) is 0 Å². The van der Waals surface area contributed by atoms with Gasteiger partial charge in [0.05, 0.1) is 12.8 Å².